The second kappa shape index (κ2) is 5.40. The molecule has 0 aliphatic carbocycles. The van der Waals surface area contributed by atoms with Gasteiger partial charge in [-0.15, -0.1) is 11.8 Å². The fourth-order valence-corrected chi connectivity index (χ4v) is 3.99. The number of carbonyl (C=O) groups is 3. The summed E-state index contributed by atoms with van der Waals surface area (Å²) >= 11 is 1.67. The van der Waals surface area contributed by atoms with Crippen LogP contribution in [0.2, 0.25) is 0 Å². The van der Waals surface area contributed by atoms with Crippen molar-refractivity contribution >= 4 is 29.5 Å². The van der Waals surface area contributed by atoms with E-state index in [9.17, 15) is 14.4 Å². The van der Waals surface area contributed by atoms with Crippen LogP contribution >= 0.6 is 11.8 Å². The summed E-state index contributed by atoms with van der Waals surface area (Å²) < 4.78 is 0. The first-order valence-electron chi connectivity index (χ1n) is 6.42. The minimum atomic E-state index is -0.373. The summed E-state index contributed by atoms with van der Waals surface area (Å²) in [5.41, 5.74) is 0. The van der Waals surface area contributed by atoms with Crippen LogP contribution in [0, 0.1) is 0 Å². The highest BCUT2D eigenvalue weighted by atomic mass is 32.2. The van der Waals surface area contributed by atoms with Gasteiger partial charge in [0.15, 0.2) is 0 Å². The van der Waals surface area contributed by atoms with Crippen LogP contribution in [-0.2, 0) is 14.4 Å². The van der Waals surface area contributed by atoms with Gasteiger partial charge in [0.2, 0.25) is 17.7 Å². The highest BCUT2D eigenvalue weighted by Crippen LogP contribution is 2.47. The van der Waals surface area contributed by atoms with Gasteiger partial charge in [-0.2, -0.15) is 0 Å². The Morgan fingerprint density at radius 3 is 2.79 bits per heavy atom. The first kappa shape index (κ1) is 14.2. The van der Waals surface area contributed by atoms with Crippen molar-refractivity contribution in [3.05, 3.63) is 0 Å². The maximum absolute atomic E-state index is 12.1. The molecule has 0 unspecified atom stereocenters. The quantitative estimate of drug-likeness (QED) is 0.695. The monoisotopic (exact) mass is 285 g/mol. The normalized spacial score (nSPS) is 29.3. The number of hydrogen-bond donors (Lipinski definition) is 2. The highest BCUT2D eigenvalue weighted by Gasteiger charge is 2.52. The Balaban J connectivity index is 1.86. The van der Waals surface area contributed by atoms with Gasteiger partial charge >= 0.3 is 0 Å². The van der Waals surface area contributed by atoms with E-state index >= 15 is 0 Å². The smallest absolute Gasteiger partial charge is 0.243 e. The zero-order valence-corrected chi connectivity index (χ0v) is 12.0. The molecule has 0 saturated carbocycles. The Morgan fingerprint density at radius 1 is 1.42 bits per heavy atom. The van der Waals surface area contributed by atoms with Crippen LogP contribution in [0.5, 0.6) is 0 Å². The Bertz CT molecular complexity index is 415. The first-order valence-corrected chi connectivity index (χ1v) is 7.41. The minimum absolute atomic E-state index is 0.0644. The van der Waals surface area contributed by atoms with E-state index in [0.717, 1.165) is 6.42 Å². The van der Waals surface area contributed by atoms with Crippen LogP contribution < -0.4 is 10.6 Å². The molecule has 2 saturated heterocycles. The van der Waals surface area contributed by atoms with Crippen molar-refractivity contribution < 1.29 is 14.4 Å². The summed E-state index contributed by atoms with van der Waals surface area (Å²) in [5.74, 6) is 0.466. The first-order chi connectivity index (χ1) is 8.94. The maximum Gasteiger partial charge on any atom is 0.243 e. The van der Waals surface area contributed by atoms with Gasteiger partial charge < -0.3 is 15.5 Å². The largest absolute Gasteiger partial charge is 0.355 e. The average molecular weight is 285 g/mol. The zero-order valence-electron chi connectivity index (χ0n) is 11.2. The molecule has 7 heteroatoms. The summed E-state index contributed by atoms with van der Waals surface area (Å²) in [4.78, 5) is 36.2. The Labute approximate surface area is 116 Å². The average Bonchev–Trinajstić information content (AvgIpc) is 2.82. The van der Waals surface area contributed by atoms with E-state index in [1.165, 1.54) is 6.92 Å². The second-order valence-electron chi connectivity index (χ2n) is 5.04. The molecule has 2 aliphatic rings. The summed E-state index contributed by atoms with van der Waals surface area (Å²) in [6.45, 7) is 4.25. The number of fused-ring (bicyclic) bond motifs is 1. The molecule has 0 aromatic rings. The Kier molecular flexibility index (Phi) is 4.03. The zero-order chi connectivity index (χ0) is 14.0. The van der Waals surface area contributed by atoms with Crippen LogP contribution in [0.1, 0.15) is 26.7 Å². The van der Waals surface area contributed by atoms with Crippen molar-refractivity contribution in [2.75, 3.05) is 18.8 Å². The van der Waals surface area contributed by atoms with Crippen molar-refractivity contribution in [3.63, 3.8) is 0 Å². The molecule has 2 aliphatic heterocycles. The summed E-state index contributed by atoms with van der Waals surface area (Å²) in [6.07, 6.45) is 1.34. The fourth-order valence-electron chi connectivity index (χ4n) is 2.56. The number of amides is 3. The van der Waals surface area contributed by atoms with Crippen molar-refractivity contribution in [1.82, 2.24) is 15.5 Å². The Morgan fingerprint density at radius 2 is 2.11 bits per heavy atom. The van der Waals surface area contributed by atoms with Gasteiger partial charge in [-0.1, -0.05) is 0 Å². The molecule has 2 fully saturated rings. The van der Waals surface area contributed by atoms with Gasteiger partial charge in [0, 0.05) is 32.2 Å². The van der Waals surface area contributed by atoms with Gasteiger partial charge in [-0.3, -0.25) is 14.4 Å². The predicted octanol–water partition coefficient (Wildman–Crippen LogP) is -0.307. The third kappa shape index (κ3) is 2.86. The van der Waals surface area contributed by atoms with Gasteiger partial charge in [0.05, 0.1) is 4.87 Å². The van der Waals surface area contributed by atoms with Crippen molar-refractivity contribution in [3.8, 4) is 0 Å². The lowest BCUT2D eigenvalue weighted by Crippen LogP contribution is -2.51. The highest BCUT2D eigenvalue weighted by molar-refractivity contribution is 8.01. The van der Waals surface area contributed by atoms with Gasteiger partial charge in [0.25, 0.3) is 0 Å². The third-order valence-electron chi connectivity index (χ3n) is 3.55. The van der Waals surface area contributed by atoms with Gasteiger partial charge in [0.1, 0.15) is 6.04 Å². The molecular weight excluding hydrogens is 266 g/mol. The molecule has 0 spiro atoms. The Hall–Kier alpha value is -1.24. The summed E-state index contributed by atoms with van der Waals surface area (Å²) in [7, 11) is 0. The number of nitrogens with one attached hydrogen (secondary N) is 2. The topological polar surface area (TPSA) is 78.5 Å². The lowest BCUT2D eigenvalue weighted by atomic mass is 10.2. The SMILES string of the molecule is CC(=O)NCCNC(=O)[C@@H]1CS[C@@]2(C)CCC(=O)N12. The van der Waals surface area contributed by atoms with E-state index in [-0.39, 0.29) is 28.6 Å². The number of nitrogens with zero attached hydrogens (tertiary/aromatic N) is 1. The lowest BCUT2D eigenvalue weighted by Gasteiger charge is -2.29. The molecule has 0 aromatic carbocycles. The molecule has 2 rings (SSSR count). The number of thioether (sulfide) groups is 1. The van der Waals surface area contributed by atoms with Crippen LogP contribution in [-0.4, -0.2) is 52.4 Å². The van der Waals surface area contributed by atoms with E-state index < -0.39 is 0 Å². The lowest BCUT2D eigenvalue weighted by molar-refractivity contribution is -0.137. The van der Waals surface area contributed by atoms with Crippen molar-refractivity contribution in [2.24, 2.45) is 0 Å². The van der Waals surface area contributed by atoms with E-state index in [1.807, 2.05) is 6.92 Å². The molecule has 106 valence electrons. The molecule has 2 heterocycles. The van der Waals surface area contributed by atoms with E-state index in [0.29, 0.717) is 25.3 Å². The summed E-state index contributed by atoms with van der Waals surface area (Å²) in [6, 6.07) is -0.373. The molecule has 2 N–H and O–H groups in total. The van der Waals surface area contributed by atoms with Crippen molar-refractivity contribution in [1.29, 1.82) is 0 Å². The number of hydrogen-bond acceptors (Lipinski definition) is 4. The summed E-state index contributed by atoms with van der Waals surface area (Å²) in [5, 5.41) is 5.38. The van der Waals surface area contributed by atoms with E-state index in [2.05, 4.69) is 10.6 Å². The van der Waals surface area contributed by atoms with Crippen LogP contribution in [0.4, 0.5) is 0 Å². The number of carbonyl (C=O) groups excluding carboxylic acids is 3. The molecule has 3 amide bonds. The molecule has 6 nitrogen and oxygen atoms in total. The predicted molar refractivity (Wildman–Crippen MR) is 72.4 cm³/mol. The third-order valence-corrected chi connectivity index (χ3v) is 5.05. The fraction of sp³-hybridized carbons (Fsp3) is 0.750. The molecule has 2 atom stereocenters. The maximum atomic E-state index is 12.1. The van der Waals surface area contributed by atoms with Crippen LogP contribution in [0.15, 0.2) is 0 Å². The molecule has 0 aromatic heterocycles. The molecule has 0 radical (unpaired) electrons. The molecular formula is C12H19N3O3S. The van der Waals surface area contributed by atoms with Gasteiger partial charge in [-0.05, 0) is 13.3 Å². The van der Waals surface area contributed by atoms with Gasteiger partial charge in [-0.25, -0.2) is 0 Å². The van der Waals surface area contributed by atoms with Crippen LogP contribution in [0.3, 0.4) is 0 Å². The molecule has 0 bridgehead atoms. The van der Waals surface area contributed by atoms with E-state index in [4.69, 9.17) is 0 Å². The minimum Gasteiger partial charge on any atom is -0.355 e. The van der Waals surface area contributed by atoms with E-state index in [1.54, 1.807) is 16.7 Å². The second-order valence-corrected chi connectivity index (χ2v) is 6.54. The van der Waals surface area contributed by atoms with Crippen molar-refractivity contribution in [2.45, 2.75) is 37.6 Å². The van der Waals surface area contributed by atoms with Crippen LogP contribution in [0.25, 0.3) is 0 Å². The standard InChI is InChI=1S/C12H19N3O3S/c1-8(16)13-5-6-14-11(18)9-7-19-12(2)4-3-10(17)15(9)12/h9H,3-7H2,1-2H3,(H,13,16)(H,14,18)/t9-,12-/m0/s1. The molecule has 19 heavy (non-hydrogen) atoms. The number of rotatable bonds is 4.